The Bertz CT molecular complexity index is 567. The highest BCUT2D eigenvalue weighted by molar-refractivity contribution is 7.91. The van der Waals surface area contributed by atoms with E-state index < -0.39 is 10.0 Å². The van der Waals surface area contributed by atoms with Gasteiger partial charge in [-0.3, -0.25) is 0 Å². The molecule has 2 unspecified atom stereocenters. The molecule has 2 aliphatic rings. The molecule has 0 radical (unpaired) electrons. The van der Waals surface area contributed by atoms with Gasteiger partial charge in [0.15, 0.2) is 0 Å². The standard InChI is InChI=1S/C13H19ClN2O2S2/c14-12-7-8-13(19-12)20(17,18)16-11-6-5-10(11)15-9-3-1-2-4-9/h7-11,15-16H,1-6H2. The minimum absolute atomic E-state index is 0.0153. The lowest BCUT2D eigenvalue weighted by molar-refractivity contribution is 0.243. The topological polar surface area (TPSA) is 58.2 Å². The van der Waals surface area contributed by atoms with Crippen molar-refractivity contribution in [3.05, 3.63) is 16.5 Å². The number of hydrogen-bond acceptors (Lipinski definition) is 4. The first kappa shape index (κ1) is 14.8. The van der Waals surface area contributed by atoms with E-state index in [2.05, 4.69) is 10.0 Å². The zero-order valence-corrected chi connectivity index (χ0v) is 13.5. The van der Waals surface area contributed by atoms with Crippen LogP contribution in [0.25, 0.3) is 0 Å². The maximum Gasteiger partial charge on any atom is 0.250 e. The third kappa shape index (κ3) is 3.20. The molecular weight excluding hydrogens is 316 g/mol. The highest BCUT2D eigenvalue weighted by Crippen LogP contribution is 2.29. The number of halogens is 1. The largest absolute Gasteiger partial charge is 0.310 e. The molecule has 0 aromatic carbocycles. The molecular formula is C13H19ClN2O2S2. The summed E-state index contributed by atoms with van der Waals surface area (Å²) in [5.74, 6) is 0. The summed E-state index contributed by atoms with van der Waals surface area (Å²) in [6, 6.07) is 4.05. The summed E-state index contributed by atoms with van der Waals surface area (Å²) in [6.07, 6.45) is 6.97. The molecule has 3 rings (SSSR count). The van der Waals surface area contributed by atoms with Gasteiger partial charge >= 0.3 is 0 Å². The fourth-order valence-corrected chi connectivity index (χ4v) is 5.75. The maximum absolute atomic E-state index is 12.2. The Kier molecular flexibility index (Phi) is 4.38. The molecule has 2 fully saturated rings. The molecule has 1 aromatic rings. The molecule has 1 heterocycles. The van der Waals surface area contributed by atoms with Crippen molar-refractivity contribution in [1.29, 1.82) is 0 Å². The molecule has 20 heavy (non-hydrogen) atoms. The molecule has 0 saturated heterocycles. The lowest BCUT2D eigenvalue weighted by atomic mass is 9.86. The molecule has 1 aromatic heterocycles. The summed E-state index contributed by atoms with van der Waals surface area (Å²) >= 11 is 6.91. The molecule has 0 spiro atoms. The predicted octanol–water partition coefficient (Wildman–Crippen LogP) is 2.74. The number of rotatable bonds is 5. The monoisotopic (exact) mass is 334 g/mol. The van der Waals surface area contributed by atoms with Crippen LogP contribution >= 0.6 is 22.9 Å². The Labute approximate surface area is 129 Å². The van der Waals surface area contributed by atoms with Crippen molar-refractivity contribution in [3.8, 4) is 0 Å². The number of nitrogens with one attached hydrogen (secondary N) is 2. The third-order valence-electron chi connectivity index (χ3n) is 4.20. The van der Waals surface area contributed by atoms with Gasteiger partial charge in [0.25, 0.3) is 0 Å². The molecule has 7 heteroatoms. The zero-order chi connectivity index (χ0) is 14.2. The fourth-order valence-electron chi connectivity index (χ4n) is 2.94. The van der Waals surface area contributed by atoms with Gasteiger partial charge in [0.2, 0.25) is 10.0 Å². The van der Waals surface area contributed by atoms with Gasteiger partial charge in [-0.25, -0.2) is 13.1 Å². The molecule has 0 aliphatic heterocycles. The van der Waals surface area contributed by atoms with Gasteiger partial charge < -0.3 is 5.32 Å². The van der Waals surface area contributed by atoms with Crippen LogP contribution in [0.5, 0.6) is 0 Å². The van der Waals surface area contributed by atoms with E-state index in [0.717, 1.165) is 24.2 Å². The van der Waals surface area contributed by atoms with Gasteiger partial charge in [-0.2, -0.15) is 0 Å². The van der Waals surface area contributed by atoms with Crippen LogP contribution in [0.15, 0.2) is 16.3 Å². The van der Waals surface area contributed by atoms with Crippen molar-refractivity contribution in [1.82, 2.24) is 10.0 Å². The van der Waals surface area contributed by atoms with Crippen LogP contribution in [0.3, 0.4) is 0 Å². The Morgan fingerprint density at radius 1 is 1.10 bits per heavy atom. The van der Waals surface area contributed by atoms with E-state index in [4.69, 9.17) is 11.6 Å². The fraction of sp³-hybridized carbons (Fsp3) is 0.692. The van der Waals surface area contributed by atoms with E-state index in [1.54, 1.807) is 12.1 Å². The number of thiophene rings is 1. The first-order valence-corrected chi connectivity index (χ1v) is 9.76. The Morgan fingerprint density at radius 3 is 2.35 bits per heavy atom. The zero-order valence-electron chi connectivity index (χ0n) is 11.1. The average molecular weight is 335 g/mol. The summed E-state index contributed by atoms with van der Waals surface area (Å²) in [5, 5.41) is 3.60. The Morgan fingerprint density at radius 2 is 1.80 bits per heavy atom. The van der Waals surface area contributed by atoms with Crippen molar-refractivity contribution < 1.29 is 8.42 Å². The first-order chi connectivity index (χ1) is 9.54. The summed E-state index contributed by atoms with van der Waals surface area (Å²) < 4.78 is 28.1. The lowest BCUT2D eigenvalue weighted by Crippen LogP contribution is -2.58. The van der Waals surface area contributed by atoms with E-state index in [9.17, 15) is 8.42 Å². The van der Waals surface area contributed by atoms with Crippen LogP contribution in [0.2, 0.25) is 4.34 Å². The van der Waals surface area contributed by atoms with Crippen LogP contribution in [0, 0.1) is 0 Å². The van der Waals surface area contributed by atoms with Crippen molar-refractivity contribution in [2.75, 3.05) is 0 Å². The summed E-state index contributed by atoms with van der Waals surface area (Å²) in [7, 11) is -3.42. The first-order valence-electron chi connectivity index (χ1n) is 7.08. The van der Waals surface area contributed by atoms with Crippen molar-refractivity contribution in [2.45, 2.75) is 60.9 Å². The SMILES string of the molecule is O=S(=O)(NC1CCC1NC1CCCC1)c1ccc(Cl)s1. The lowest BCUT2D eigenvalue weighted by Gasteiger charge is -2.39. The smallest absolute Gasteiger partial charge is 0.250 e. The molecule has 2 N–H and O–H groups in total. The average Bonchev–Trinajstić information content (AvgIpc) is 3.03. The van der Waals surface area contributed by atoms with Crippen molar-refractivity contribution in [2.24, 2.45) is 0 Å². The number of hydrogen-bond donors (Lipinski definition) is 2. The quantitative estimate of drug-likeness (QED) is 0.870. The third-order valence-corrected chi connectivity index (χ3v) is 7.41. The van der Waals surface area contributed by atoms with E-state index in [1.807, 2.05) is 0 Å². The number of sulfonamides is 1. The van der Waals surface area contributed by atoms with Gasteiger partial charge in [-0.1, -0.05) is 24.4 Å². The molecule has 4 nitrogen and oxygen atoms in total. The highest BCUT2D eigenvalue weighted by atomic mass is 35.5. The van der Waals surface area contributed by atoms with Crippen LogP contribution in [-0.4, -0.2) is 26.5 Å². The Hall–Kier alpha value is -0.140. The summed E-state index contributed by atoms with van der Waals surface area (Å²) in [6.45, 7) is 0. The maximum atomic E-state index is 12.2. The van der Waals surface area contributed by atoms with Gasteiger partial charge in [0, 0.05) is 18.1 Å². The highest BCUT2D eigenvalue weighted by Gasteiger charge is 2.36. The second-order valence-corrected chi connectivity index (χ2v) is 9.27. The van der Waals surface area contributed by atoms with Crippen LogP contribution in [0.1, 0.15) is 38.5 Å². The molecule has 2 atom stereocenters. The van der Waals surface area contributed by atoms with E-state index in [0.29, 0.717) is 14.6 Å². The second kappa shape index (κ2) is 5.93. The normalized spacial score (nSPS) is 27.6. The van der Waals surface area contributed by atoms with Gasteiger partial charge in [-0.05, 0) is 37.8 Å². The molecule has 2 aliphatic carbocycles. The van der Waals surface area contributed by atoms with Crippen molar-refractivity contribution in [3.63, 3.8) is 0 Å². The summed E-state index contributed by atoms with van der Waals surface area (Å²) in [4.78, 5) is 0. The molecule has 112 valence electrons. The van der Waals surface area contributed by atoms with Gasteiger partial charge in [0.05, 0.1) is 4.34 Å². The summed E-state index contributed by atoms with van der Waals surface area (Å²) in [5.41, 5.74) is 0. The van der Waals surface area contributed by atoms with E-state index in [1.165, 1.54) is 25.7 Å². The predicted molar refractivity (Wildman–Crippen MR) is 81.9 cm³/mol. The van der Waals surface area contributed by atoms with Crippen LogP contribution in [-0.2, 0) is 10.0 Å². The Balaban J connectivity index is 1.59. The minimum atomic E-state index is -3.42. The van der Waals surface area contributed by atoms with Gasteiger partial charge in [0.1, 0.15) is 4.21 Å². The van der Waals surface area contributed by atoms with Crippen LogP contribution < -0.4 is 10.0 Å². The molecule has 2 saturated carbocycles. The minimum Gasteiger partial charge on any atom is -0.310 e. The van der Waals surface area contributed by atoms with E-state index >= 15 is 0 Å². The van der Waals surface area contributed by atoms with Crippen LogP contribution in [0.4, 0.5) is 0 Å². The second-order valence-electron chi connectivity index (χ2n) is 5.62. The molecule has 0 amide bonds. The van der Waals surface area contributed by atoms with Gasteiger partial charge in [-0.15, -0.1) is 11.3 Å². The molecule has 0 bridgehead atoms. The van der Waals surface area contributed by atoms with Crippen molar-refractivity contribution >= 4 is 33.0 Å². The van der Waals surface area contributed by atoms with E-state index in [-0.39, 0.29) is 12.1 Å².